The predicted molar refractivity (Wildman–Crippen MR) is 95.6 cm³/mol. The first-order chi connectivity index (χ1) is 10.4. The van der Waals surface area contributed by atoms with Crippen LogP contribution in [0.5, 0.6) is 0 Å². The van der Waals surface area contributed by atoms with Gasteiger partial charge in [-0.1, -0.05) is 77.2 Å². The minimum atomic E-state index is 0.442. The molecule has 0 aliphatic carbocycles. The van der Waals surface area contributed by atoms with Gasteiger partial charge in [0.15, 0.2) is 0 Å². The van der Waals surface area contributed by atoms with Gasteiger partial charge in [0.1, 0.15) is 0 Å². The number of thiophene rings is 1. The minimum Gasteiger partial charge on any atom is -0.271 e. The van der Waals surface area contributed by atoms with E-state index in [1.54, 1.807) is 0 Å². The Bertz CT molecular complexity index is 311. The zero-order chi connectivity index (χ0) is 15.2. The van der Waals surface area contributed by atoms with Crippen molar-refractivity contribution in [2.24, 2.45) is 5.84 Å². The molecule has 0 aliphatic rings. The van der Waals surface area contributed by atoms with Gasteiger partial charge in [-0.2, -0.15) is 0 Å². The third-order valence-corrected chi connectivity index (χ3v) is 5.07. The van der Waals surface area contributed by atoms with Crippen molar-refractivity contribution >= 4 is 11.3 Å². The maximum absolute atomic E-state index is 5.66. The summed E-state index contributed by atoms with van der Waals surface area (Å²) in [7, 11) is 0. The van der Waals surface area contributed by atoms with Crippen molar-refractivity contribution in [3.8, 4) is 0 Å². The Morgan fingerprint density at radius 3 is 2.14 bits per heavy atom. The van der Waals surface area contributed by atoms with E-state index < -0.39 is 0 Å². The second-order valence-electron chi connectivity index (χ2n) is 6.12. The van der Waals surface area contributed by atoms with Gasteiger partial charge in [-0.25, -0.2) is 0 Å². The molecule has 0 fully saturated rings. The molecular formula is C18H34N2S. The highest BCUT2D eigenvalue weighted by molar-refractivity contribution is 7.09. The molecule has 0 spiro atoms. The first kappa shape index (κ1) is 18.7. The second kappa shape index (κ2) is 13.3. The molecular weight excluding hydrogens is 276 g/mol. The molecule has 1 rings (SSSR count). The van der Waals surface area contributed by atoms with Crippen LogP contribution in [0.25, 0.3) is 0 Å². The maximum atomic E-state index is 5.66. The van der Waals surface area contributed by atoms with Crippen LogP contribution in [-0.4, -0.2) is 6.04 Å². The minimum absolute atomic E-state index is 0.442. The molecule has 1 aromatic rings. The molecule has 0 aromatic carbocycles. The van der Waals surface area contributed by atoms with E-state index in [1.165, 1.54) is 75.5 Å². The van der Waals surface area contributed by atoms with Crippen molar-refractivity contribution < 1.29 is 0 Å². The van der Waals surface area contributed by atoms with E-state index in [0.29, 0.717) is 6.04 Å². The van der Waals surface area contributed by atoms with Crippen molar-refractivity contribution in [3.63, 3.8) is 0 Å². The summed E-state index contributed by atoms with van der Waals surface area (Å²) in [5.41, 5.74) is 2.98. The summed E-state index contributed by atoms with van der Waals surface area (Å²) < 4.78 is 0. The molecule has 2 nitrogen and oxygen atoms in total. The number of hydrazine groups is 1. The number of rotatable bonds is 14. The number of hydrogen-bond donors (Lipinski definition) is 2. The highest BCUT2D eigenvalue weighted by Crippen LogP contribution is 2.15. The van der Waals surface area contributed by atoms with E-state index in [9.17, 15) is 0 Å². The third-order valence-electron chi connectivity index (χ3n) is 4.17. The average Bonchev–Trinajstić information content (AvgIpc) is 3.01. The molecule has 0 amide bonds. The molecule has 1 heterocycles. The van der Waals surface area contributed by atoms with Gasteiger partial charge in [0.2, 0.25) is 0 Å². The Morgan fingerprint density at radius 1 is 1.00 bits per heavy atom. The predicted octanol–water partition coefficient (Wildman–Crippen LogP) is 5.43. The van der Waals surface area contributed by atoms with Crippen molar-refractivity contribution in [2.45, 2.75) is 90.0 Å². The largest absolute Gasteiger partial charge is 0.271 e. The van der Waals surface area contributed by atoms with E-state index >= 15 is 0 Å². The molecule has 3 heteroatoms. The monoisotopic (exact) mass is 310 g/mol. The van der Waals surface area contributed by atoms with Gasteiger partial charge in [-0.15, -0.1) is 11.3 Å². The Balaban J connectivity index is 1.90. The van der Waals surface area contributed by atoms with Crippen LogP contribution < -0.4 is 11.3 Å². The van der Waals surface area contributed by atoms with E-state index in [0.717, 1.165) is 6.42 Å². The third kappa shape index (κ3) is 10.0. The van der Waals surface area contributed by atoms with Crippen LogP contribution in [0.4, 0.5) is 0 Å². The number of nitrogens with one attached hydrogen (secondary N) is 1. The molecule has 21 heavy (non-hydrogen) atoms. The van der Waals surface area contributed by atoms with Gasteiger partial charge in [-0.05, 0) is 24.3 Å². The Labute approximate surface area is 135 Å². The van der Waals surface area contributed by atoms with Crippen molar-refractivity contribution in [2.75, 3.05) is 0 Å². The van der Waals surface area contributed by atoms with E-state index in [-0.39, 0.29) is 0 Å². The van der Waals surface area contributed by atoms with Crippen LogP contribution in [0, 0.1) is 0 Å². The van der Waals surface area contributed by atoms with Gasteiger partial charge in [0.05, 0.1) is 0 Å². The summed E-state index contributed by atoms with van der Waals surface area (Å²) >= 11 is 1.83. The van der Waals surface area contributed by atoms with E-state index in [4.69, 9.17) is 5.84 Å². The van der Waals surface area contributed by atoms with Crippen LogP contribution in [0.3, 0.4) is 0 Å². The molecule has 0 saturated heterocycles. The van der Waals surface area contributed by atoms with Crippen molar-refractivity contribution in [1.82, 2.24) is 5.43 Å². The highest BCUT2D eigenvalue weighted by Gasteiger charge is 2.07. The summed E-state index contributed by atoms with van der Waals surface area (Å²) in [5, 5.41) is 2.14. The Morgan fingerprint density at radius 2 is 1.62 bits per heavy atom. The first-order valence-electron chi connectivity index (χ1n) is 8.85. The number of unbranched alkanes of at least 4 members (excludes halogenated alkanes) is 9. The Hall–Kier alpha value is -0.380. The fourth-order valence-corrected chi connectivity index (χ4v) is 3.58. The lowest BCUT2D eigenvalue weighted by atomic mass is 10.0. The SMILES string of the molecule is CCCCCCCCCCCCC(Cc1cccs1)NN. The Kier molecular flexibility index (Phi) is 11.8. The lowest BCUT2D eigenvalue weighted by Gasteiger charge is -2.14. The molecule has 1 aromatic heterocycles. The molecule has 1 unspecified atom stereocenters. The zero-order valence-corrected chi connectivity index (χ0v) is 14.6. The van der Waals surface area contributed by atoms with Crippen LogP contribution in [-0.2, 0) is 6.42 Å². The van der Waals surface area contributed by atoms with Gasteiger partial charge in [0, 0.05) is 10.9 Å². The number of nitrogens with two attached hydrogens (primary N) is 1. The molecule has 0 bridgehead atoms. The van der Waals surface area contributed by atoms with Gasteiger partial charge in [0.25, 0.3) is 0 Å². The zero-order valence-electron chi connectivity index (χ0n) is 13.8. The molecule has 0 radical (unpaired) electrons. The van der Waals surface area contributed by atoms with Gasteiger partial charge in [-0.3, -0.25) is 11.3 Å². The van der Waals surface area contributed by atoms with E-state index in [2.05, 4.69) is 29.9 Å². The summed E-state index contributed by atoms with van der Waals surface area (Å²) in [6.45, 7) is 2.28. The smallest absolute Gasteiger partial charge is 0.0258 e. The summed E-state index contributed by atoms with van der Waals surface area (Å²) in [6, 6.07) is 4.76. The average molecular weight is 311 g/mol. The van der Waals surface area contributed by atoms with Crippen LogP contribution in [0.1, 0.15) is 82.4 Å². The maximum Gasteiger partial charge on any atom is 0.0258 e. The molecule has 0 saturated carbocycles. The van der Waals surface area contributed by atoms with Crippen LogP contribution in [0.2, 0.25) is 0 Å². The molecule has 122 valence electrons. The highest BCUT2D eigenvalue weighted by atomic mass is 32.1. The lowest BCUT2D eigenvalue weighted by molar-refractivity contribution is 0.459. The van der Waals surface area contributed by atoms with Crippen molar-refractivity contribution in [1.29, 1.82) is 0 Å². The summed E-state index contributed by atoms with van der Waals surface area (Å²) in [4.78, 5) is 1.44. The van der Waals surface area contributed by atoms with Crippen molar-refractivity contribution in [3.05, 3.63) is 22.4 Å². The standard InChI is InChI=1S/C18H34N2S/c1-2-3-4-5-6-7-8-9-10-11-13-17(20-19)16-18-14-12-15-21-18/h12,14-15,17,20H,2-11,13,16,19H2,1H3. The van der Waals surface area contributed by atoms with Crippen LogP contribution in [0.15, 0.2) is 17.5 Å². The second-order valence-corrected chi connectivity index (χ2v) is 7.15. The fourth-order valence-electron chi connectivity index (χ4n) is 2.79. The van der Waals surface area contributed by atoms with Crippen LogP contribution >= 0.6 is 11.3 Å². The first-order valence-corrected chi connectivity index (χ1v) is 9.73. The fraction of sp³-hybridized carbons (Fsp3) is 0.778. The molecule has 1 atom stereocenters. The summed E-state index contributed by atoms with van der Waals surface area (Å²) in [6.07, 6.45) is 16.2. The van der Waals surface area contributed by atoms with E-state index in [1.807, 2.05) is 11.3 Å². The van der Waals surface area contributed by atoms with Gasteiger partial charge < -0.3 is 0 Å². The molecule has 3 N–H and O–H groups in total. The summed E-state index contributed by atoms with van der Waals surface area (Å²) in [5.74, 6) is 5.66. The molecule has 0 aliphatic heterocycles. The quantitative estimate of drug-likeness (QED) is 0.273. The normalized spacial score (nSPS) is 12.7. The van der Waals surface area contributed by atoms with Gasteiger partial charge >= 0.3 is 0 Å². The number of hydrogen-bond acceptors (Lipinski definition) is 3. The topological polar surface area (TPSA) is 38.0 Å². The lowest BCUT2D eigenvalue weighted by Crippen LogP contribution is -2.36.